The second-order valence-electron chi connectivity index (χ2n) is 7.13. The van der Waals surface area contributed by atoms with E-state index in [0.29, 0.717) is 0 Å². The van der Waals surface area contributed by atoms with E-state index in [1.807, 2.05) is 0 Å². The van der Waals surface area contributed by atoms with Crippen molar-refractivity contribution in [2.45, 2.75) is 120 Å². The molecule has 0 unspecified atom stereocenters. The van der Waals surface area contributed by atoms with E-state index in [-0.39, 0.29) is 14.1 Å². The molecule has 0 aromatic heterocycles. The first-order chi connectivity index (χ1) is 9.77. The Morgan fingerprint density at radius 2 is 0.750 bits per heavy atom. The minimum atomic E-state index is -0.262. The lowest BCUT2D eigenvalue weighted by molar-refractivity contribution is 0.534. The summed E-state index contributed by atoms with van der Waals surface area (Å²) >= 11 is -0.262. The van der Waals surface area contributed by atoms with Gasteiger partial charge >= 0.3 is 0 Å². The monoisotopic (exact) mass is 296 g/mol. The summed E-state index contributed by atoms with van der Waals surface area (Å²) in [6.45, 7) is 2.30. The Hall–Kier alpha value is 0.532. The lowest BCUT2D eigenvalue weighted by Crippen LogP contribution is -1.97. The van der Waals surface area contributed by atoms with Crippen LogP contribution in [0.1, 0.15) is 103 Å². The maximum atomic E-state index is 2.48. The first-order valence-corrected chi connectivity index (χ1v) is 12.9. The fourth-order valence-electron chi connectivity index (χ4n) is 2.92. The minimum absolute atomic E-state index is 0.262. The molecule has 0 atom stereocenters. The van der Waals surface area contributed by atoms with Gasteiger partial charge in [0.2, 0.25) is 0 Å². The van der Waals surface area contributed by atoms with Gasteiger partial charge in [-0.2, -0.15) is 0 Å². The fraction of sp³-hybridized carbons (Fsp3) is 1.00. The zero-order valence-corrected chi connectivity index (χ0v) is 16.0. The van der Waals surface area contributed by atoms with Crippen molar-refractivity contribution < 1.29 is 0 Å². The molecule has 0 amide bonds. The van der Waals surface area contributed by atoms with E-state index in [4.69, 9.17) is 0 Å². The first kappa shape index (κ1) is 20.5. The summed E-state index contributed by atoms with van der Waals surface area (Å²) in [5, 5.41) is 1.57. The molecule has 0 radical (unpaired) electrons. The molecule has 0 saturated carbocycles. The highest BCUT2D eigenvalue weighted by Gasteiger charge is 2.00. The Labute approximate surface area is 134 Å². The Morgan fingerprint density at radius 3 is 1.05 bits per heavy atom. The molecule has 0 aliphatic heterocycles. The van der Waals surface area contributed by atoms with Crippen molar-refractivity contribution in [3.05, 3.63) is 0 Å². The molecule has 0 bridgehead atoms. The van der Waals surface area contributed by atoms with Crippen LogP contribution >= 0.6 is 0 Å². The van der Waals surface area contributed by atoms with Crippen LogP contribution in [0, 0.1) is 0 Å². The van der Waals surface area contributed by atoms with Crippen LogP contribution in [0.25, 0.3) is 0 Å². The second kappa shape index (κ2) is 17.6. The molecule has 0 spiro atoms. The molecule has 120 valence electrons. The van der Waals surface area contributed by atoms with Gasteiger partial charge in [-0.05, 0) is 0 Å². The third-order valence-corrected chi connectivity index (χ3v) is 5.95. The summed E-state index contributed by atoms with van der Waals surface area (Å²) in [5.74, 6) is 4.95. The third kappa shape index (κ3) is 18.5. The van der Waals surface area contributed by atoms with Crippen LogP contribution in [0.5, 0.6) is 0 Å². The van der Waals surface area contributed by atoms with Crippen LogP contribution in [0.2, 0.25) is 16.9 Å². The van der Waals surface area contributed by atoms with Gasteiger partial charge in [-0.15, -0.1) is 11.6 Å². The maximum Gasteiger partial charge on any atom is 0.255 e. The molecule has 0 rings (SSSR count). The van der Waals surface area contributed by atoms with Gasteiger partial charge < -0.3 is 0 Å². The molecule has 0 aliphatic rings. The molecular formula is C19H41Al. The van der Waals surface area contributed by atoms with E-state index in [9.17, 15) is 0 Å². The van der Waals surface area contributed by atoms with Gasteiger partial charge in [-0.3, -0.25) is 0 Å². The maximum absolute atomic E-state index is 2.48. The Morgan fingerprint density at radius 1 is 0.450 bits per heavy atom. The van der Waals surface area contributed by atoms with Gasteiger partial charge in [0, 0.05) is 0 Å². The Bertz CT molecular complexity index is 165. The number of unbranched alkanes of at least 4 members (excludes halogenated alkanes) is 14. The van der Waals surface area contributed by atoms with Gasteiger partial charge in [0.25, 0.3) is 14.1 Å². The van der Waals surface area contributed by atoms with Crippen molar-refractivity contribution in [2.75, 3.05) is 0 Å². The molecule has 1 heteroatoms. The average molecular weight is 297 g/mol. The average Bonchev–Trinajstić information content (AvgIpc) is 2.43. The fourth-order valence-corrected chi connectivity index (χ4v) is 4.03. The molecule has 0 nitrogen and oxygen atoms in total. The van der Waals surface area contributed by atoms with E-state index in [0.717, 1.165) is 0 Å². The topological polar surface area (TPSA) is 0 Å². The van der Waals surface area contributed by atoms with E-state index in [1.165, 1.54) is 96.3 Å². The summed E-state index contributed by atoms with van der Waals surface area (Å²) in [5.41, 5.74) is 0. The van der Waals surface area contributed by atoms with E-state index in [2.05, 4.69) is 18.5 Å². The van der Waals surface area contributed by atoms with Gasteiger partial charge in [-0.25, -0.2) is 0 Å². The lowest BCUT2D eigenvalue weighted by atomic mass is 10.0. The highest BCUT2D eigenvalue weighted by atomic mass is 27.2. The van der Waals surface area contributed by atoms with Crippen LogP contribution in [0.3, 0.4) is 0 Å². The first-order valence-electron chi connectivity index (χ1n) is 9.77. The third-order valence-electron chi connectivity index (χ3n) is 4.39. The predicted octanol–water partition coefficient (Wildman–Crippen LogP) is 7.61. The second-order valence-corrected chi connectivity index (χ2v) is 10.5. The van der Waals surface area contributed by atoms with Crippen LogP contribution in [-0.2, 0) is 0 Å². The van der Waals surface area contributed by atoms with Crippen LogP contribution in [-0.4, -0.2) is 14.1 Å². The van der Waals surface area contributed by atoms with Crippen molar-refractivity contribution in [3.63, 3.8) is 0 Å². The van der Waals surface area contributed by atoms with E-state index < -0.39 is 0 Å². The van der Waals surface area contributed by atoms with E-state index in [1.54, 1.807) is 5.28 Å². The summed E-state index contributed by atoms with van der Waals surface area (Å²) in [4.78, 5) is 0. The SMILES string of the molecule is CCCCCCCCCCCCCCCC[CH2][Al]([CH3])[CH3]. The van der Waals surface area contributed by atoms with Crippen LogP contribution < -0.4 is 0 Å². The zero-order chi connectivity index (χ0) is 14.9. The summed E-state index contributed by atoms with van der Waals surface area (Å²) in [7, 11) is 0. The van der Waals surface area contributed by atoms with Gasteiger partial charge in [-0.1, -0.05) is 109 Å². The lowest BCUT2D eigenvalue weighted by Gasteiger charge is -2.03. The molecule has 0 saturated heterocycles. The minimum Gasteiger partial charge on any atom is -0.106 e. The summed E-state index contributed by atoms with van der Waals surface area (Å²) in [6, 6.07) is 0. The molecule has 20 heavy (non-hydrogen) atoms. The van der Waals surface area contributed by atoms with Crippen LogP contribution in [0.15, 0.2) is 0 Å². The molecule has 0 fully saturated rings. The largest absolute Gasteiger partial charge is 0.255 e. The van der Waals surface area contributed by atoms with Crippen molar-refractivity contribution in [3.8, 4) is 0 Å². The quantitative estimate of drug-likeness (QED) is 0.203. The molecule has 0 aromatic rings. The van der Waals surface area contributed by atoms with Crippen molar-refractivity contribution in [1.29, 1.82) is 0 Å². The van der Waals surface area contributed by atoms with Gasteiger partial charge in [0.05, 0.1) is 0 Å². The Balaban J connectivity index is 2.92. The molecular weight excluding hydrogens is 255 g/mol. The van der Waals surface area contributed by atoms with Crippen molar-refractivity contribution in [1.82, 2.24) is 0 Å². The van der Waals surface area contributed by atoms with Crippen molar-refractivity contribution in [2.24, 2.45) is 0 Å². The summed E-state index contributed by atoms with van der Waals surface area (Å²) in [6.07, 6.45) is 22.2. The Kier molecular flexibility index (Phi) is 18.1. The highest BCUT2D eigenvalue weighted by Crippen LogP contribution is 2.14. The summed E-state index contributed by atoms with van der Waals surface area (Å²) < 4.78 is 0. The van der Waals surface area contributed by atoms with E-state index >= 15 is 0 Å². The smallest absolute Gasteiger partial charge is 0.106 e. The highest BCUT2D eigenvalue weighted by molar-refractivity contribution is 6.55. The number of rotatable bonds is 16. The molecule has 0 aliphatic carbocycles. The zero-order valence-electron chi connectivity index (χ0n) is 14.9. The van der Waals surface area contributed by atoms with Gasteiger partial charge in [0.1, 0.15) is 0 Å². The van der Waals surface area contributed by atoms with Crippen molar-refractivity contribution >= 4 is 14.1 Å². The standard InChI is InChI=1S/C17H35.2CH3.Al/c1-3-5-7-9-11-13-15-17-16-14-12-10-8-6-4-2;;;/h1,3-17H2,2H3;2*1H3;. The number of hydrogen-bond donors (Lipinski definition) is 0. The molecule has 0 aromatic carbocycles. The normalized spacial score (nSPS) is 10.9. The van der Waals surface area contributed by atoms with Crippen LogP contribution in [0.4, 0.5) is 0 Å². The number of hydrogen-bond acceptors (Lipinski definition) is 0. The molecule has 0 heterocycles. The molecule has 0 N–H and O–H groups in total. The van der Waals surface area contributed by atoms with Gasteiger partial charge in [0.15, 0.2) is 0 Å². The predicted molar refractivity (Wildman–Crippen MR) is 97.2 cm³/mol.